The van der Waals surface area contributed by atoms with E-state index in [0.29, 0.717) is 25.7 Å². The van der Waals surface area contributed by atoms with Crippen molar-refractivity contribution in [2.24, 2.45) is 0 Å². The van der Waals surface area contributed by atoms with E-state index in [1.165, 1.54) is 0 Å². The molecule has 2 aliphatic heterocycles. The highest BCUT2D eigenvalue weighted by atomic mass is 16.6. The van der Waals surface area contributed by atoms with Crippen molar-refractivity contribution in [1.29, 1.82) is 0 Å². The maximum Gasteiger partial charge on any atom is 0.254 e. The maximum atomic E-state index is 12.4. The van der Waals surface area contributed by atoms with Gasteiger partial charge < -0.3 is 19.4 Å². The molecule has 6 nitrogen and oxygen atoms in total. The molecule has 0 bridgehead atoms. The summed E-state index contributed by atoms with van der Waals surface area (Å²) in [5, 5.41) is 0. The average Bonchev–Trinajstić information content (AvgIpc) is 3.06. The molecule has 1 amide bonds. The van der Waals surface area contributed by atoms with Crippen molar-refractivity contribution in [3.05, 3.63) is 30.1 Å². The summed E-state index contributed by atoms with van der Waals surface area (Å²) in [6, 6.07) is 8.08. The molecule has 6 heteroatoms. The number of aromatic nitrogens is 2. The molecule has 1 N–H and O–H groups in total. The molecule has 2 aromatic rings. The first kappa shape index (κ1) is 14.7. The molecule has 0 radical (unpaired) electrons. The zero-order valence-electron chi connectivity index (χ0n) is 13.0. The van der Waals surface area contributed by atoms with Gasteiger partial charge in [-0.05, 0) is 25.0 Å². The first-order valence-corrected chi connectivity index (χ1v) is 8.24. The maximum absolute atomic E-state index is 12.4. The number of H-pyrrole nitrogens is 1. The Morgan fingerprint density at radius 3 is 2.78 bits per heavy atom. The van der Waals surface area contributed by atoms with Crippen molar-refractivity contribution < 1.29 is 14.3 Å². The second kappa shape index (κ2) is 6.29. The number of rotatable bonds is 2. The molecule has 4 rings (SSSR count). The Morgan fingerprint density at radius 1 is 1.22 bits per heavy atom. The van der Waals surface area contributed by atoms with E-state index in [4.69, 9.17) is 14.5 Å². The molecule has 2 fully saturated rings. The van der Waals surface area contributed by atoms with Gasteiger partial charge in [-0.1, -0.05) is 12.1 Å². The summed E-state index contributed by atoms with van der Waals surface area (Å²) >= 11 is 0. The van der Waals surface area contributed by atoms with E-state index in [0.717, 1.165) is 42.8 Å². The number of hydrogen-bond acceptors (Lipinski definition) is 4. The van der Waals surface area contributed by atoms with Gasteiger partial charge in [0.25, 0.3) is 5.91 Å². The number of fused-ring (bicyclic) bond motifs is 1. The van der Waals surface area contributed by atoms with Gasteiger partial charge in [0.15, 0.2) is 6.10 Å². The van der Waals surface area contributed by atoms with Crippen molar-refractivity contribution >= 4 is 16.9 Å². The van der Waals surface area contributed by atoms with Gasteiger partial charge in [0.1, 0.15) is 5.82 Å². The molecule has 2 aliphatic rings. The highest BCUT2D eigenvalue weighted by Crippen LogP contribution is 2.28. The number of likely N-dealkylation sites (tertiary alicyclic amines) is 1. The lowest BCUT2D eigenvalue weighted by Crippen LogP contribution is -2.48. The molecule has 122 valence electrons. The van der Waals surface area contributed by atoms with Crippen LogP contribution < -0.4 is 0 Å². The third-order valence-electron chi connectivity index (χ3n) is 4.69. The van der Waals surface area contributed by atoms with Crippen LogP contribution in [0.1, 0.15) is 24.6 Å². The Kier molecular flexibility index (Phi) is 4.01. The number of ether oxygens (including phenoxy) is 2. The molecule has 0 spiro atoms. The molecule has 3 heterocycles. The number of imidazole rings is 1. The zero-order valence-corrected chi connectivity index (χ0v) is 13.0. The monoisotopic (exact) mass is 315 g/mol. The SMILES string of the molecule is O=C(C1COCCO1)N1CCC(c2nc3ccccc3[nH]2)CC1. The number of benzene rings is 1. The summed E-state index contributed by atoms with van der Waals surface area (Å²) in [6.45, 7) is 2.97. The Balaban J connectivity index is 1.39. The van der Waals surface area contributed by atoms with Gasteiger partial charge in [0.2, 0.25) is 0 Å². The van der Waals surface area contributed by atoms with Crippen molar-refractivity contribution in [1.82, 2.24) is 14.9 Å². The highest BCUT2D eigenvalue weighted by molar-refractivity contribution is 5.81. The van der Waals surface area contributed by atoms with E-state index >= 15 is 0 Å². The number of nitrogens with zero attached hydrogens (tertiary/aromatic N) is 2. The minimum absolute atomic E-state index is 0.0627. The number of para-hydroxylation sites is 2. The van der Waals surface area contributed by atoms with Crippen LogP contribution in [0.5, 0.6) is 0 Å². The number of piperidine rings is 1. The number of aromatic amines is 1. The number of carbonyl (C=O) groups excluding carboxylic acids is 1. The predicted octanol–water partition coefficient (Wildman–Crippen LogP) is 1.68. The van der Waals surface area contributed by atoms with Crippen LogP contribution in [0.15, 0.2) is 24.3 Å². The Morgan fingerprint density at radius 2 is 2.04 bits per heavy atom. The van der Waals surface area contributed by atoms with Gasteiger partial charge in [0.05, 0.1) is 30.9 Å². The fraction of sp³-hybridized carbons (Fsp3) is 0.529. The van der Waals surface area contributed by atoms with Crippen LogP contribution in [-0.4, -0.2) is 59.8 Å². The van der Waals surface area contributed by atoms with Gasteiger partial charge in [-0.15, -0.1) is 0 Å². The first-order chi connectivity index (χ1) is 11.3. The second-order valence-electron chi connectivity index (χ2n) is 6.17. The third-order valence-corrected chi connectivity index (χ3v) is 4.69. The first-order valence-electron chi connectivity index (χ1n) is 8.24. The Hall–Kier alpha value is -1.92. The number of nitrogens with one attached hydrogen (secondary N) is 1. The quantitative estimate of drug-likeness (QED) is 0.915. The van der Waals surface area contributed by atoms with Crippen molar-refractivity contribution in [3.63, 3.8) is 0 Å². The molecule has 0 aliphatic carbocycles. The van der Waals surface area contributed by atoms with Crippen molar-refractivity contribution in [2.75, 3.05) is 32.9 Å². The van der Waals surface area contributed by atoms with Gasteiger partial charge in [-0.3, -0.25) is 4.79 Å². The van der Waals surface area contributed by atoms with E-state index in [1.54, 1.807) is 0 Å². The molecule has 1 unspecified atom stereocenters. The molecular weight excluding hydrogens is 294 g/mol. The lowest BCUT2D eigenvalue weighted by atomic mass is 9.96. The van der Waals surface area contributed by atoms with Gasteiger partial charge in [-0.25, -0.2) is 4.98 Å². The second-order valence-corrected chi connectivity index (χ2v) is 6.17. The fourth-order valence-corrected chi connectivity index (χ4v) is 3.37. The van der Waals surface area contributed by atoms with E-state index in [9.17, 15) is 4.79 Å². The van der Waals surface area contributed by atoms with Crippen LogP contribution in [0.2, 0.25) is 0 Å². The third kappa shape index (κ3) is 2.96. The molecule has 1 aromatic carbocycles. The molecule has 1 aromatic heterocycles. The predicted molar refractivity (Wildman–Crippen MR) is 85.2 cm³/mol. The summed E-state index contributed by atoms with van der Waals surface area (Å²) in [5.41, 5.74) is 2.09. The Labute approximate surface area is 134 Å². The van der Waals surface area contributed by atoms with E-state index in [1.807, 2.05) is 29.2 Å². The fourth-order valence-electron chi connectivity index (χ4n) is 3.37. The molecule has 23 heavy (non-hydrogen) atoms. The minimum Gasteiger partial charge on any atom is -0.376 e. The highest BCUT2D eigenvalue weighted by Gasteiger charge is 2.31. The lowest BCUT2D eigenvalue weighted by Gasteiger charge is -2.34. The van der Waals surface area contributed by atoms with Crippen LogP contribution >= 0.6 is 0 Å². The summed E-state index contributed by atoms with van der Waals surface area (Å²) in [4.78, 5) is 22.4. The summed E-state index contributed by atoms with van der Waals surface area (Å²) in [5.74, 6) is 1.48. The minimum atomic E-state index is -0.425. The standard InChI is InChI=1S/C17H21N3O3/c21-17(15-11-22-9-10-23-15)20-7-5-12(6-8-20)16-18-13-3-1-2-4-14(13)19-16/h1-4,12,15H,5-11H2,(H,18,19). The van der Waals surface area contributed by atoms with Gasteiger partial charge in [-0.2, -0.15) is 0 Å². The normalized spacial score (nSPS) is 23.3. The Bertz CT molecular complexity index is 652. The van der Waals surface area contributed by atoms with Crippen LogP contribution in [-0.2, 0) is 14.3 Å². The van der Waals surface area contributed by atoms with Crippen molar-refractivity contribution in [3.8, 4) is 0 Å². The van der Waals surface area contributed by atoms with E-state index in [2.05, 4.69) is 4.98 Å². The molecule has 2 saturated heterocycles. The van der Waals surface area contributed by atoms with Gasteiger partial charge >= 0.3 is 0 Å². The van der Waals surface area contributed by atoms with Crippen molar-refractivity contribution in [2.45, 2.75) is 24.9 Å². The zero-order chi connectivity index (χ0) is 15.6. The largest absolute Gasteiger partial charge is 0.376 e. The van der Waals surface area contributed by atoms with Gasteiger partial charge in [0, 0.05) is 19.0 Å². The summed E-state index contributed by atoms with van der Waals surface area (Å²) in [6.07, 6.45) is 1.43. The average molecular weight is 315 g/mol. The molecule has 1 atom stereocenters. The number of hydrogen-bond donors (Lipinski definition) is 1. The number of amides is 1. The molecular formula is C17H21N3O3. The topological polar surface area (TPSA) is 67.5 Å². The van der Waals surface area contributed by atoms with Crippen LogP contribution in [0, 0.1) is 0 Å². The van der Waals surface area contributed by atoms with Crippen LogP contribution in [0.3, 0.4) is 0 Å². The van der Waals surface area contributed by atoms with E-state index in [-0.39, 0.29) is 5.91 Å². The lowest BCUT2D eigenvalue weighted by molar-refractivity contribution is -0.159. The van der Waals surface area contributed by atoms with E-state index < -0.39 is 6.10 Å². The molecule has 0 saturated carbocycles. The van der Waals surface area contributed by atoms with Crippen LogP contribution in [0.4, 0.5) is 0 Å². The number of carbonyl (C=O) groups is 1. The van der Waals surface area contributed by atoms with Crippen LogP contribution in [0.25, 0.3) is 11.0 Å². The smallest absolute Gasteiger partial charge is 0.254 e. The summed E-state index contributed by atoms with van der Waals surface area (Å²) in [7, 11) is 0. The summed E-state index contributed by atoms with van der Waals surface area (Å²) < 4.78 is 10.8.